The van der Waals surface area contributed by atoms with E-state index in [4.69, 9.17) is 0 Å². The number of rotatable bonds is 6. The summed E-state index contributed by atoms with van der Waals surface area (Å²) >= 11 is 0. The molecule has 0 heterocycles. The average molecular weight is 197 g/mol. The van der Waals surface area contributed by atoms with Crippen molar-refractivity contribution in [2.45, 2.75) is 12.5 Å². The van der Waals surface area contributed by atoms with E-state index >= 15 is 0 Å². The van der Waals surface area contributed by atoms with Crippen LogP contribution in [0.4, 0.5) is 8.78 Å². The van der Waals surface area contributed by atoms with Gasteiger partial charge in [-0.25, -0.2) is 8.78 Å². The highest BCUT2D eigenvalue weighted by atomic mass is 19.3. The fourth-order valence-electron chi connectivity index (χ4n) is 0.686. The molecule has 1 atom stereocenters. The van der Waals surface area contributed by atoms with Crippen molar-refractivity contribution in [3.8, 4) is 0 Å². The summed E-state index contributed by atoms with van der Waals surface area (Å²) in [6.45, 7) is -0.789. The van der Waals surface area contributed by atoms with Crippen LogP contribution in [0, 0.1) is 0 Å². The normalized spacial score (nSPS) is 13.0. The maximum Gasteiger partial charge on any atom is 0.325 e. The van der Waals surface area contributed by atoms with Gasteiger partial charge >= 0.3 is 5.97 Å². The van der Waals surface area contributed by atoms with Gasteiger partial charge in [0.1, 0.15) is 12.6 Å². The summed E-state index contributed by atoms with van der Waals surface area (Å²) in [5, 5.41) is 2.58. The van der Waals surface area contributed by atoms with Gasteiger partial charge in [-0.05, 0) is 7.05 Å². The molecule has 0 aromatic rings. The molecule has 6 heteroatoms. The zero-order valence-electron chi connectivity index (χ0n) is 7.55. The van der Waals surface area contributed by atoms with Crippen molar-refractivity contribution in [2.75, 3.05) is 27.4 Å². The van der Waals surface area contributed by atoms with Gasteiger partial charge in [0, 0.05) is 0 Å². The first-order chi connectivity index (χ1) is 6.11. The SMILES string of the molecule is CNC(COCC(F)F)C(=O)OC. The van der Waals surface area contributed by atoms with Crippen LogP contribution < -0.4 is 5.32 Å². The lowest BCUT2D eigenvalue weighted by Gasteiger charge is -2.13. The Hall–Kier alpha value is -0.750. The van der Waals surface area contributed by atoms with E-state index in [2.05, 4.69) is 14.8 Å². The fourth-order valence-corrected chi connectivity index (χ4v) is 0.686. The Morgan fingerprint density at radius 3 is 2.46 bits per heavy atom. The number of carbonyl (C=O) groups is 1. The first-order valence-corrected chi connectivity index (χ1v) is 3.72. The van der Waals surface area contributed by atoms with Crippen LogP contribution in [0.15, 0.2) is 0 Å². The van der Waals surface area contributed by atoms with Gasteiger partial charge in [0.2, 0.25) is 0 Å². The van der Waals surface area contributed by atoms with E-state index in [9.17, 15) is 13.6 Å². The fraction of sp³-hybridized carbons (Fsp3) is 0.857. The van der Waals surface area contributed by atoms with Crippen LogP contribution >= 0.6 is 0 Å². The number of alkyl halides is 2. The molecule has 1 unspecified atom stereocenters. The summed E-state index contributed by atoms with van der Waals surface area (Å²) in [6.07, 6.45) is -2.52. The number of likely N-dealkylation sites (N-methyl/N-ethyl adjacent to an activating group) is 1. The quantitative estimate of drug-likeness (QED) is 0.610. The molecule has 0 saturated carbocycles. The number of methoxy groups -OCH3 is 1. The lowest BCUT2D eigenvalue weighted by molar-refractivity contribution is -0.145. The largest absolute Gasteiger partial charge is 0.468 e. The second-order valence-corrected chi connectivity index (χ2v) is 2.29. The summed E-state index contributed by atoms with van der Waals surface area (Å²) in [7, 11) is 2.74. The van der Waals surface area contributed by atoms with E-state index in [0.717, 1.165) is 0 Å². The number of hydrogen-bond acceptors (Lipinski definition) is 4. The van der Waals surface area contributed by atoms with Crippen LogP contribution in [0.2, 0.25) is 0 Å². The van der Waals surface area contributed by atoms with Gasteiger partial charge < -0.3 is 14.8 Å². The molecule has 13 heavy (non-hydrogen) atoms. The van der Waals surface area contributed by atoms with E-state index in [1.165, 1.54) is 14.2 Å². The molecule has 0 aromatic heterocycles. The molecule has 78 valence electrons. The molecule has 0 amide bonds. The van der Waals surface area contributed by atoms with E-state index in [0.29, 0.717) is 0 Å². The number of carbonyl (C=O) groups excluding carboxylic acids is 1. The molecule has 0 spiro atoms. The van der Waals surface area contributed by atoms with Crippen molar-refractivity contribution in [3.63, 3.8) is 0 Å². The van der Waals surface area contributed by atoms with Crippen molar-refractivity contribution >= 4 is 5.97 Å². The number of halogens is 2. The van der Waals surface area contributed by atoms with Crippen molar-refractivity contribution in [1.29, 1.82) is 0 Å². The molecule has 4 nitrogen and oxygen atoms in total. The monoisotopic (exact) mass is 197 g/mol. The van der Waals surface area contributed by atoms with Crippen molar-refractivity contribution in [1.82, 2.24) is 5.32 Å². The Labute approximate surface area is 75.2 Å². The summed E-state index contributed by atoms with van der Waals surface area (Å²) in [5.74, 6) is -0.531. The highest BCUT2D eigenvalue weighted by Gasteiger charge is 2.17. The van der Waals surface area contributed by atoms with Crippen LogP contribution in [0.1, 0.15) is 0 Å². The highest BCUT2D eigenvalue weighted by molar-refractivity contribution is 5.75. The molecular formula is C7H13F2NO3. The predicted octanol–water partition coefficient (Wildman–Crippen LogP) is 0.0291. The summed E-state index contributed by atoms with van der Waals surface area (Å²) in [4.78, 5) is 10.9. The zero-order valence-corrected chi connectivity index (χ0v) is 7.55. The molecule has 0 aliphatic heterocycles. The third-order valence-electron chi connectivity index (χ3n) is 1.36. The number of hydrogen-bond donors (Lipinski definition) is 1. The summed E-state index contributed by atoms with van der Waals surface area (Å²) in [6, 6.07) is -0.691. The molecule has 0 aromatic carbocycles. The standard InChI is InChI=1S/C7H13F2NO3/c1-10-5(7(11)12-2)3-13-4-6(8)9/h5-6,10H,3-4H2,1-2H3. The highest BCUT2D eigenvalue weighted by Crippen LogP contribution is 1.95. The average Bonchev–Trinajstić information content (AvgIpc) is 2.11. The molecule has 0 radical (unpaired) electrons. The van der Waals surface area contributed by atoms with Crippen LogP contribution in [0.25, 0.3) is 0 Å². The van der Waals surface area contributed by atoms with Gasteiger partial charge in [-0.2, -0.15) is 0 Å². The lowest BCUT2D eigenvalue weighted by Crippen LogP contribution is -2.39. The van der Waals surface area contributed by atoms with Crippen molar-refractivity contribution in [3.05, 3.63) is 0 Å². The van der Waals surface area contributed by atoms with Gasteiger partial charge in [-0.3, -0.25) is 4.79 Å². The van der Waals surface area contributed by atoms with E-state index in [1.807, 2.05) is 0 Å². The minimum absolute atomic E-state index is 0.118. The van der Waals surface area contributed by atoms with Gasteiger partial charge in [0.15, 0.2) is 0 Å². The second kappa shape index (κ2) is 6.73. The number of nitrogens with one attached hydrogen (secondary N) is 1. The minimum Gasteiger partial charge on any atom is -0.468 e. The Bertz CT molecular complexity index is 155. The van der Waals surface area contributed by atoms with Crippen LogP contribution in [0.3, 0.4) is 0 Å². The molecule has 0 fully saturated rings. The van der Waals surface area contributed by atoms with E-state index < -0.39 is 25.0 Å². The molecule has 0 bridgehead atoms. The van der Waals surface area contributed by atoms with Crippen LogP contribution in [-0.2, 0) is 14.3 Å². The van der Waals surface area contributed by atoms with Crippen molar-refractivity contribution in [2.24, 2.45) is 0 Å². The minimum atomic E-state index is -2.52. The predicted molar refractivity (Wildman–Crippen MR) is 41.7 cm³/mol. The third kappa shape index (κ3) is 5.48. The molecule has 1 N–H and O–H groups in total. The van der Waals surface area contributed by atoms with Crippen LogP contribution in [0.5, 0.6) is 0 Å². The topological polar surface area (TPSA) is 47.6 Å². The molecular weight excluding hydrogens is 184 g/mol. The van der Waals surface area contributed by atoms with Gasteiger partial charge in [-0.15, -0.1) is 0 Å². The van der Waals surface area contributed by atoms with Crippen molar-refractivity contribution < 1.29 is 23.0 Å². The number of ether oxygens (including phenoxy) is 2. The van der Waals surface area contributed by atoms with Gasteiger partial charge in [-0.1, -0.05) is 0 Å². The number of esters is 1. The lowest BCUT2D eigenvalue weighted by atomic mass is 10.3. The third-order valence-corrected chi connectivity index (χ3v) is 1.36. The molecule has 0 aliphatic rings. The first-order valence-electron chi connectivity index (χ1n) is 3.72. The van der Waals surface area contributed by atoms with E-state index in [-0.39, 0.29) is 6.61 Å². The molecule has 0 aliphatic carbocycles. The second-order valence-electron chi connectivity index (χ2n) is 2.29. The molecule has 0 rings (SSSR count). The summed E-state index contributed by atoms with van der Waals surface area (Å²) in [5.41, 5.74) is 0. The van der Waals surface area contributed by atoms with E-state index in [1.54, 1.807) is 0 Å². The maximum atomic E-state index is 11.6. The van der Waals surface area contributed by atoms with Crippen LogP contribution in [-0.4, -0.2) is 45.8 Å². The Morgan fingerprint density at radius 2 is 2.08 bits per heavy atom. The summed E-state index contributed by atoms with van der Waals surface area (Å²) < 4.78 is 32.2. The zero-order chi connectivity index (χ0) is 10.3. The van der Waals surface area contributed by atoms with Gasteiger partial charge in [0.05, 0.1) is 13.7 Å². The molecule has 0 saturated heterocycles. The smallest absolute Gasteiger partial charge is 0.325 e. The Morgan fingerprint density at radius 1 is 1.46 bits per heavy atom. The maximum absolute atomic E-state index is 11.6. The first kappa shape index (κ1) is 12.2. The Kier molecular flexibility index (Phi) is 6.34. The Balaban J connectivity index is 3.66. The van der Waals surface area contributed by atoms with Gasteiger partial charge in [0.25, 0.3) is 6.43 Å².